The highest BCUT2D eigenvalue weighted by molar-refractivity contribution is 6.30. The number of halogens is 1. The van der Waals surface area contributed by atoms with E-state index in [1.54, 1.807) is 7.11 Å². The van der Waals surface area contributed by atoms with Gasteiger partial charge in [0.05, 0.1) is 7.11 Å². The number of benzene rings is 1. The molecule has 20 heavy (non-hydrogen) atoms. The number of nitrogens with zero attached hydrogens (tertiary/aromatic N) is 2. The Morgan fingerprint density at radius 1 is 1.25 bits per heavy atom. The van der Waals surface area contributed by atoms with E-state index in [-0.39, 0.29) is 0 Å². The molecule has 1 aromatic carbocycles. The minimum atomic E-state index is 0.762. The normalized spacial score (nSPS) is 21.7. The van der Waals surface area contributed by atoms with Crippen molar-refractivity contribution in [2.45, 2.75) is 12.6 Å². The maximum absolute atomic E-state index is 6.09. The highest BCUT2D eigenvalue weighted by Crippen LogP contribution is 2.24. The first-order valence-corrected chi connectivity index (χ1v) is 7.63. The SMILES string of the molecule is COc1ccc(Cl)cc1CN1CCN(C2CNC2)CC1. The highest BCUT2D eigenvalue weighted by atomic mass is 35.5. The minimum Gasteiger partial charge on any atom is -0.496 e. The van der Waals surface area contributed by atoms with Gasteiger partial charge in [-0.1, -0.05) is 11.6 Å². The first kappa shape index (κ1) is 14.1. The van der Waals surface area contributed by atoms with E-state index in [1.165, 1.54) is 5.56 Å². The van der Waals surface area contributed by atoms with Gasteiger partial charge in [-0.3, -0.25) is 9.80 Å². The molecule has 4 nitrogen and oxygen atoms in total. The van der Waals surface area contributed by atoms with Gasteiger partial charge in [0.2, 0.25) is 0 Å². The van der Waals surface area contributed by atoms with Crippen LogP contribution in [0.5, 0.6) is 5.75 Å². The van der Waals surface area contributed by atoms with Gasteiger partial charge in [0.15, 0.2) is 0 Å². The van der Waals surface area contributed by atoms with E-state index >= 15 is 0 Å². The highest BCUT2D eigenvalue weighted by Gasteiger charge is 2.27. The standard InChI is InChI=1S/C15H22ClN3O/c1-20-15-3-2-13(16)8-12(15)11-18-4-6-19(7-5-18)14-9-17-10-14/h2-3,8,14,17H,4-7,9-11H2,1H3. The Morgan fingerprint density at radius 2 is 2.00 bits per heavy atom. The number of hydrogen-bond acceptors (Lipinski definition) is 4. The lowest BCUT2D eigenvalue weighted by Gasteiger charge is -2.43. The van der Waals surface area contributed by atoms with E-state index in [1.807, 2.05) is 18.2 Å². The fraction of sp³-hybridized carbons (Fsp3) is 0.600. The van der Waals surface area contributed by atoms with Crippen molar-refractivity contribution in [1.82, 2.24) is 15.1 Å². The van der Waals surface area contributed by atoms with Gasteiger partial charge in [-0.25, -0.2) is 0 Å². The number of methoxy groups -OCH3 is 1. The molecule has 0 amide bonds. The molecule has 2 saturated heterocycles. The fourth-order valence-electron chi connectivity index (χ4n) is 2.93. The molecule has 2 aliphatic heterocycles. The maximum Gasteiger partial charge on any atom is 0.123 e. The quantitative estimate of drug-likeness (QED) is 0.910. The van der Waals surface area contributed by atoms with Crippen LogP contribution in [0.1, 0.15) is 5.56 Å². The third-order valence-electron chi connectivity index (χ3n) is 4.32. The van der Waals surface area contributed by atoms with Crippen LogP contribution >= 0.6 is 11.6 Å². The largest absolute Gasteiger partial charge is 0.496 e. The zero-order valence-corrected chi connectivity index (χ0v) is 12.7. The Kier molecular flexibility index (Phi) is 4.46. The zero-order chi connectivity index (χ0) is 13.9. The number of hydrogen-bond donors (Lipinski definition) is 1. The molecule has 2 heterocycles. The van der Waals surface area contributed by atoms with E-state index in [0.717, 1.165) is 62.6 Å². The predicted molar refractivity (Wildman–Crippen MR) is 81.5 cm³/mol. The van der Waals surface area contributed by atoms with Gasteiger partial charge in [-0.15, -0.1) is 0 Å². The first-order chi connectivity index (χ1) is 9.76. The molecule has 3 rings (SSSR count). The van der Waals surface area contributed by atoms with Crippen molar-refractivity contribution in [2.75, 3.05) is 46.4 Å². The topological polar surface area (TPSA) is 27.7 Å². The lowest BCUT2D eigenvalue weighted by atomic mass is 10.1. The summed E-state index contributed by atoms with van der Waals surface area (Å²) in [6, 6.07) is 6.61. The summed E-state index contributed by atoms with van der Waals surface area (Å²) in [5, 5.41) is 4.12. The Hall–Kier alpha value is -0.810. The van der Waals surface area contributed by atoms with E-state index in [0.29, 0.717) is 0 Å². The second-order valence-corrected chi connectivity index (χ2v) is 6.02. The summed E-state index contributed by atoms with van der Waals surface area (Å²) in [7, 11) is 1.72. The van der Waals surface area contributed by atoms with Crippen LogP contribution < -0.4 is 10.1 Å². The van der Waals surface area contributed by atoms with Crippen LogP contribution in [0.15, 0.2) is 18.2 Å². The first-order valence-electron chi connectivity index (χ1n) is 7.26. The molecule has 1 aromatic rings. The summed E-state index contributed by atoms with van der Waals surface area (Å²) in [5.41, 5.74) is 1.18. The Bertz CT molecular complexity index is 456. The van der Waals surface area contributed by atoms with Gasteiger partial charge in [-0.2, -0.15) is 0 Å². The van der Waals surface area contributed by atoms with Crippen molar-refractivity contribution in [2.24, 2.45) is 0 Å². The van der Waals surface area contributed by atoms with Gasteiger partial charge < -0.3 is 10.1 Å². The molecule has 1 N–H and O–H groups in total. The number of piperazine rings is 1. The van der Waals surface area contributed by atoms with Gasteiger partial charge in [0, 0.05) is 62.4 Å². The molecule has 0 atom stereocenters. The van der Waals surface area contributed by atoms with Crippen LogP contribution in [0.3, 0.4) is 0 Å². The average Bonchev–Trinajstić information content (AvgIpc) is 2.39. The molecule has 2 aliphatic rings. The molecule has 5 heteroatoms. The summed E-state index contributed by atoms with van der Waals surface area (Å²) in [4.78, 5) is 5.08. The van der Waals surface area contributed by atoms with Crippen molar-refractivity contribution in [1.29, 1.82) is 0 Å². The summed E-state index contributed by atoms with van der Waals surface area (Å²) >= 11 is 6.09. The predicted octanol–water partition coefficient (Wildman–Crippen LogP) is 1.44. The second-order valence-electron chi connectivity index (χ2n) is 5.58. The zero-order valence-electron chi connectivity index (χ0n) is 11.9. The van der Waals surface area contributed by atoms with Crippen LogP contribution in [0, 0.1) is 0 Å². The van der Waals surface area contributed by atoms with E-state index in [2.05, 4.69) is 15.1 Å². The maximum atomic E-state index is 6.09. The summed E-state index contributed by atoms with van der Waals surface area (Å²) in [6.45, 7) is 7.79. The molecule has 0 bridgehead atoms. The Labute approximate surface area is 125 Å². The van der Waals surface area contributed by atoms with Gasteiger partial charge in [-0.05, 0) is 18.2 Å². The van der Waals surface area contributed by atoms with Crippen molar-refractivity contribution in [3.63, 3.8) is 0 Å². The molecule has 0 unspecified atom stereocenters. The molecule has 110 valence electrons. The van der Waals surface area contributed by atoms with Crippen molar-refractivity contribution >= 4 is 11.6 Å². The van der Waals surface area contributed by atoms with Crippen LogP contribution in [0.4, 0.5) is 0 Å². The molecule has 0 spiro atoms. The molecule has 0 aromatic heterocycles. The van der Waals surface area contributed by atoms with Crippen molar-refractivity contribution in [3.8, 4) is 5.75 Å². The van der Waals surface area contributed by atoms with Crippen LogP contribution in [-0.2, 0) is 6.54 Å². The van der Waals surface area contributed by atoms with Crippen LogP contribution in [0.25, 0.3) is 0 Å². The Balaban J connectivity index is 1.57. The molecular weight excluding hydrogens is 274 g/mol. The number of rotatable bonds is 4. The van der Waals surface area contributed by atoms with E-state index in [4.69, 9.17) is 16.3 Å². The molecule has 0 radical (unpaired) electrons. The lowest BCUT2D eigenvalue weighted by Crippen LogP contribution is -2.61. The molecule has 0 saturated carbocycles. The third kappa shape index (κ3) is 3.09. The van der Waals surface area contributed by atoms with Gasteiger partial charge >= 0.3 is 0 Å². The summed E-state index contributed by atoms with van der Waals surface area (Å²) in [5.74, 6) is 0.931. The second kappa shape index (κ2) is 6.31. The fourth-order valence-corrected chi connectivity index (χ4v) is 3.12. The van der Waals surface area contributed by atoms with Gasteiger partial charge in [0.25, 0.3) is 0 Å². The van der Waals surface area contributed by atoms with E-state index < -0.39 is 0 Å². The van der Waals surface area contributed by atoms with Gasteiger partial charge in [0.1, 0.15) is 5.75 Å². The number of ether oxygens (including phenoxy) is 1. The lowest BCUT2D eigenvalue weighted by molar-refractivity contribution is 0.0692. The minimum absolute atomic E-state index is 0.762. The molecular formula is C15H22ClN3O. The Morgan fingerprint density at radius 3 is 2.60 bits per heavy atom. The third-order valence-corrected chi connectivity index (χ3v) is 4.55. The van der Waals surface area contributed by atoms with E-state index in [9.17, 15) is 0 Å². The molecule has 0 aliphatic carbocycles. The summed E-state index contributed by atoms with van der Waals surface area (Å²) < 4.78 is 5.42. The number of nitrogens with one attached hydrogen (secondary N) is 1. The smallest absolute Gasteiger partial charge is 0.123 e. The summed E-state index contributed by atoms with van der Waals surface area (Å²) in [6.07, 6.45) is 0. The van der Waals surface area contributed by atoms with Crippen molar-refractivity contribution < 1.29 is 4.74 Å². The molecule has 2 fully saturated rings. The van der Waals surface area contributed by atoms with Crippen molar-refractivity contribution in [3.05, 3.63) is 28.8 Å². The van der Waals surface area contributed by atoms with Crippen LogP contribution in [-0.4, -0.2) is 62.2 Å². The van der Waals surface area contributed by atoms with Crippen LogP contribution in [0.2, 0.25) is 5.02 Å². The monoisotopic (exact) mass is 295 g/mol. The average molecular weight is 296 g/mol.